The van der Waals surface area contributed by atoms with Crippen LogP contribution in [-0.2, 0) is 14.8 Å². The number of carbonyl (C=O) groups excluding carboxylic acids is 1. The molecule has 32 heavy (non-hydrogen) atoms. The molecule has 3 rings (SSSR count). The van der Waals surface area contributed by atoms with Gasteiger partial charge in [-0.3, -0.25) is 9.52 Å². The molecule has 1 unspecified atom stereocenters. The van der Waals surface area contributed by atoms with Crippen molar-refractivity contribution >= 4 is 27.4 Å². The van der Waals surface area contributed by atoms with Gasteiger partial charge < -0.3 is 14.8 Å². The number of benzene rings is 2. The first-order chi connectivity index (χ1) is 15.3. The Morgan fingerprint density at radius 3 is 2.38 bits per heavy atom. The van der Waals surface area contributed by atoms with E-state index in [-0.39, 0.29) is 22.5 Å². The van der Waals surface area contributed by atoms with Crippen LogP contribution in [0.5, 0.6) is 11.6 Å². The molecule has 0 saturated heterocycles. The third-order valence-electron chi connectivity index (χ3n) is 4.48. The van der Waals surface area contributed by atoms with Gasteiger partial charge in [-0.05, 0) is 49.7 Å². The van der Waals surface area contributed by atoms with Crippen LogP contribution < -0.4 is 19.5 Å². The van der Waals surface area contributed by atoms with Gasteiger partial charge >= 0.3 is 0 Å². The number of hydrogen-bond acceptors (Lipinski definition) is 7. The van der Waals surface area contributed by atoms with Crippen molar-refractivity contribution in [2.75, 3.05) is 17.1 Å². The van der Waals surface area contributed by atoms with E-state index in [9.17, 15) is 13.2 Å². The number of ether oxygens (including phenoxy) is 2. The number of nitrogens with zero attached hydrogens (tertiary/aromatic N) is 2. The van der Waals surface area contributed by atoms with Crippen LogP contribution in [0.25, 0.3) is 0 Å². The minimum absolute atomic E-state index is 0.0102. The monoisotopic (exact) mass is 456 g/mol. The highest BCUT2D eigenvalue weighted by atomic mass is 32.2. The summed E-state index contributed by atoms with van der Waals surface area (Å²) in [5.74, 6) is 0.587. The predicted octanol–water partition coefficient (Wildman–Crippen LogP) is 3.39. The van der Waals surface area contributed by atoms with Crippen molar-refractivity contribution in [2.24, 2.45) is 0 Å². The summed E-state index contributed by atoms with van der Waals surface area (Å²) in [7, 11) is -2.46. The number of hydrogen-bond donors (Lipinski definition) is 2. The number of anilines is 2. The van der Waals surface area contributed by atoms with E-state index in [0.717, 1.165) is 5.56 Å². The van der Waals surface area contributed by atoms with Gasteiger partial charge in [-0.1, -0.05) is 24.6 Å². The van der Waals surface area contributed by atoms with Crippen molar-refractivity contribution in [3.05, 3.63) is 66.5 Å². The van der Waals surface area contributed by atoms with Gasteiger partial charge in [0.05, 0.1) is 12.0 Å². The fourth-order valence-electron chi connectivity index (χ4n) is 2.75. The molecule has 2 N–H and O–H groups in total. The molecule has 168 valence electrons. The lowest BCUT2D eigenvalue weighted by Gasteiger charge is -2.17. The summed E-state index contributed by atoms with van der Waals surface area (Å²) >= 11 is 0. The summed E-state index contributed by atoms with van der Waals surface area (Å²) in [5, 5.41) is 2.75. The minimum Gasteiger partial charge on any atom is -0.481 e. The zero-order chi connectivity index (χ0) is 23.1. The maximum atomic E-state index is 12.6. The van der Waals surface area contributed by atoms with E-state index in [4.69, 9.17) is 9.47 Å². The largest absolute Gasteiger partial charge is 0.481 e. The first kappa shape index (κ1) is 23.0. The molecule has 0 bridgehead atoms. The van der Waals surface area contributed by atoms with E-state index >= 15 is 0 Å². The standard InChI is InChI=1S/C22H24N4O5S/c1-4-19(31-17-9-5-15(2)6-10-17)22(27)25-16-7-11-18(12-8-16)32(28,29)26-20-13-21(30-3)24-14-23-20/h5-14,19H,4H2,1-3H3,(H,25,27)(H,23,24,26). The van der Waals surface area contributed by atoms with E-state index in [2.05, 4.69) is 20.0 Å². The third kappa shape index (κ3) is 5.94. The number of carbonyl (C=O) groups is 1. The second kappa shape index (κ2) is 10.1. The zero-order valence-corrected chi connectivity index (χ0v) is 18.7. The Morgan fingerprint density at radius 1 is 1.06 bits per heavy atom. The fraction of sp³-hybridized carbons (Fsp3) is 0.227. The number of aromatic nitrogens is 2. The van der Waals surface area contributed by atoms with Crippen LogP contribution in [0.1, 0.15) is 18.9 Å². The Labute approximate surface area is 186 Å². The molecule has 0 aliphatic rings. The van der Waals surface area contributed by atoms with Crippen molar-refractivity contribution in [1.82, 2.24) is 9.97 Å². The molecule has 1 heterocycles. The lowest BCUT2D eigenvalue weighted by Crippen LogP contribution is -2.32. The molecule has 0 aliphatic heterocycles. The average Bonchev–Trinajstić information content (AvgIpc) is 2.78. The molecule has 1 atom stereocenters. The Balaban J connectivity index is 1.66. The lowest BCUT2D eigenvalue weighted by molar-refractivity contribution is -0.122. The molecule has 0 radical (unpaired) electrons. The van der Waals surface area contributed by atoms with Crippen molar-refractivity contribution < 1.29 is 22.7 Å². The highest BCUT2D eigenvalue weighted by Crippen LogP contribution is 2.20. The van der Waals surface area contributed by atoms with E-state index < -0.39 is 16.1 Å². The molecule has 0 saturated carbocycles. The maximum Gasteiger partial charge on any atom is 0.265 e. The molecule has 2 aromatic carbocycles. The minimum atomic E-state index is -3.88. The van der Waals surface area contributed by atoms with Gasteiger partial charge in [0.25, 0.3) is 15.9 Å². The molecular weight excluding hydrogens is 432 g/mol. The summed E-state index contributed by atoms with van der Waals surface area (Å²) < 4.78 is 38.3. The normalized spacial score (nSPS) is 12.0. The van der Waals surface area contributed by atoms with Crippen molar-refractivity contribution in [2.45, 2.75) is 31.3 Å². The van der Waals surface area contributed by atoms with Gasteiger partial charge in [0.1, 0.15) is 17.9 Å². The third-order valence-corrected chi connectivity index (χ3v) is 5.86. The molecule has 3 aromatic rings. The average molecular weight is 457 g/mol. The Kier molecular flexibility index (Phi) is 7.26. The smallest absolute Gasteiger partial charge is 0.265 e. The number of amides is 1. The molecular formula is C22H24N4O5S. The second-order valence-corrected chi connectivity index (χ2v) is 8.57. The number of methoxy groups -OCH3 is 1. The number of sulfonamides is 1. The fourth-order valence-corrected chi connectivity index (χ4v) is 3.75. The summed E-state index contributed by atoms with van der Waals surface area (Å²) in [6.45, 7) is 3.82. The highest BCUT2D eigenvalue weighted by molar-refractivity contribution is 7.92. The molecule has 9 nitrogen and oxygen atoms in total. The SMILES string of the molecule is CCC(Oc1ccc(C)cc1)C(=O)Nc1ccc(S(=O)(=O)Nc2cc(OC)ncn2)cc1. The van der Waals surface area contributed by atoms with Gasteiger partial charge in [-0.2, -0.15) is 0 Å². The van der Waals surface area contributed by atoms with Crippen LogP contribution in [0, 0.1) is 6.92 Å². The van der Waals surface area contributed by atoms with Crippen LogP contribution >= 0.6 is 0 Å². The number of rotatable bonds is 9. The molecule has 0 spiro atoms. The number of aryl methyl sites for hydroxylation is 1. The van der Waals surface area contributed by atoms with Gasteiger partial charge in [0.15, 0.2) is 6.10 Å². The first-order valence-corrected chi connectivity index (χ1v) is 11.3. The Hall–Kier alpha value is -3.66. The molecule has 10 heteroatoms. The van der Waals surface area contributed by atoms with E-state index in [1.807, 2.05) is 38.1 Å². The van der Waals surface area contributed by atoms with Gasteiger partial charge in [0, 0.05) is 11.8 Å². The maximum absolute atomic E-state index is 12.6. The van der Waals surface area contributed by atoms with Crippen molar-refractivity contribution in [3.8, 4) is 11.6 Å². The van der Waals surface area contributed by atoms with Gasteiger partial charge in [-0.15, -0.1) is 0 Å². The van der Waals surface area contributed by atoms with E-state index in [1.54, 1.807) is 0 Å². The summed E-state index contributed by atoms with van der Waals surface area (Å²) in [6.07, 6.45) is 0.979. The Bertz CT molecular complexity index is 1170. The first-order valence-electron chi connectivity index (χ1n) is 9.84. The van der Waals surface area contributed by atoms with Gasteiger partial charge in [-0.25, -0.2) is 18.4 Å². The van der Waals surface area contributed by atoms with E-state index in [0.29, 0.717) is 17.9 Å². The van der Waals surface area contributed by atoms with Crippen molar-refractivity contribution in [3.63, 3.8) is 0 Å². The van der Waals surface area contributed by atoms with Crippen LogP contribution in [0.15, 0.2) is 65.8 Å². The van der Waals surface area contributed by atoms with Crippen LogP contribution in [0.2, 0.25) is 0 Å². The lowest BCUT2D eigenvalue weighted by atomic mass is 10.2. The molecule has 1 aromatic heterocycles. The predicted molar refractivity (Wildman–Crippen MR) is 120 cm³/mol. The topological polar surface area (TPSA) is 120 Å². The van der Waals surface area contributed by atoms with Crippen molar-refractivity contribution in [1.29, 1.82) is 0 Å². The Morgan fingerprint density at radius 2 is 1.75 bits per heavy atom. The van der Waals surface area contributed by atoms with Crippen LogP contribution in [-0.4, -0.2) is 37.5 Å². The molecule has 1 amide bonds. The number of nitrogens with one attached hydrogen (secondary N) is 2. The summed E-state index contributed by atoms with van der Waals surface area (Å²) in [6, 6.07) is 14.6. The van der Waals surface area contributed by atoms with Crippen LogP contribution in [0.3, 0.4) is 0 Å². The quantitative estimate of drug-likeness (QED) is 0.506. The molecule has 0 aliphatic carbocycles. The highest BCUT2D eigenvalue weighted by Gasteiger charge is 2.20. The molecule has 0 fully saturated rings. The summed E-state index contributed by atoms with van der Waals surface area (Å²) in [4.78, 5) is 20.3. The zero-order valence-electron chi connectivity index (χ0n) is 17.9. The van der Waals surface area contributed by atoms with Gasteiger partial charge in [0.2, 0.25) is 5.88 Å². The van der Waals surface area contributed by atoms with Crippen LogP contribution in [0.4, 0.5) is 11.5 Å². The summed E-state index contributed by atoms with van der Waals surface area (Å²) in [5.41, 5.74) is 1.54. The van der Waals surface area contributed by atoms with E-state index in [1.165, 1.54) is 43.8 Å². The second-order valence-electron chi connectivity index (χ2n) is 6.89.